The SMILES string of the molecule is CCC1(C(=O)NCC(N)C2CC2)CCCC1. The zero-order valence-electron chi connectivity index (χ0n) is 10.3. The summed E-state index contributed by atoms with van der Waals surface area (Å²) in [5.74, 6) is 0.921. The van der Waals surface area contributed by atoms with Gasteiger partial charge in [-0.2, -0.15) is 0 Å². The maximum atomic E-state index is 12.2. The molecule has 16 heavy (non-hydrogen) atoms. The van der Waals surface area contributed by atoms with Crippen LogP contribution in [0, 0.1) is 11.3 Å². The van der Waals surface area contributed by atoms with Gasteiger partial charge in [-0.1, -0.05) is 19.8 Å². The third kappa shape index (κ3) is 2.40. The van der Waals surface area contributed by atoms with E-state index in [0.717, 1.165) is 19.3 Å². The molecule has 92 valence electrons. The molecule has 0 spiro atoms. The van der Waals surface area contributed by atoms with Gasteiger partial charge in [-0.25, -0.2) is 0 Å². The first-order valence-electron chi connectivity index (χ1n) is 6.72. The van der Waals surface area contributed by atoms with Crippen molar-refractivity contribution in [3.63, 3.8) is 0 Å². The number of hydrogen-bond acceptors (Lipinski definition) is 2. The maximum Gasteiger partial charge on any atom is 0.226 e. The summed E-state index contributed by atoms with van der Waals surface area (Å²) in [4.78, 5) is 12.2. The second-order valence-corrected chi connectivity index (χ2v) is 5.55. The summed E-state index contributed by atoms with van der Waals surface area (Å²) in [6, 6.07) is 0.180. The lowest BCUT2D eigenvalue weighted by atomic mass is 9.82. The summed E-state index contributed by atoms with van der Waals surface area (Å²) in [6.07, 6.45) is 8.00. The Morgan fingerprint density at radius 2 is 2.06 bits per heavy atom. The van der Waals surface area contributed by atoms with Crippen LogP contribution in [0.25, 0.3) is 0 Å². The Kier molecular flexibility index (Phi) is 3.53. The highest BCUT2D eigenvalue weighted by atomic mass is 16.2. The molecule has 0 aromatic carbocycles. The quantitative estimate of drug-likeness (QED) is 0.748. The minimum absolute atomic E-state index is 0.0662. The van der Waals surface area contributed by atoms with Crippen LogP contribution in [0.2, 0.25) is 0 Å². The van der Waals surface area contributed by atoms with Gasteiger partial charge in [-0.05, 0) is 38.0 Å². The number of rotatable bonds is 5. The lowest BCUT2D eigenvalue weighted by molar-refractivity contribution is -0.131. The summed E-state index contributed by atoms with van der Waals surface area (Å²) >= 11 is 0. The lowest BCUT2D eigenvalue weighted by Crippen LogP contribution is -2.45. The van der Waals surface area contributed by atoms with Crippen molar-refractivity contribution in [2.45, 2.75) is 57.9 Å². The van der Waals surface area contributed by atoms with Crippen LogP contribution in [-0.2, 0) is 4.79 Å². The van der Waals surface area contributed by atoms with Gasteiger partial charge in [-0.3, -0.25) is 4.79 Å². The summed E-state index contributed by atoms with van der Waals surface area (Å²) < 4.78 is 0. The second kappa shape index (κ2) is 4.74. The van der Waals surface area contributed by atoms with Crippen molar-refractivity contribution in [1.82, 2.24) is 5.32 Å². The lowest BCUT2D eigenvalue weighted by Gasteiger charge is -2.26. The molecule has 2 aliphatic rings. The molecular formula is C13H24N2O. The molecular weight excluding hydrogens is 200 g/mol. The Hall–Kier alpha value is -0.570. The number of carbonyl (C=O) groups excluding carboxylic acids is 1. The van der Waals surface area contributed by atoms with Crippen LogP contribution in [0.1, 0.15) is 51.9 Å². The molecule has 2 rings (SSSR count). The fraction of sp³-hybridized carbons (Fsp3) is 0.923. The molecule has 1 amide bonds. The number of nitrogens with two attached hydrogens (primary N) is 1. The third-order valence-corrected chi connectivity index (χ3v) is 4.44. The van der Waals surface area contributed by atoms with E-state index < -0.39 is 0 Å². The van der Waals surface area contributed by atoms with Crippen LogP contribution in [0.5, 0.6) is 0 Å². The van der Waals surface area contributed by atoms with Crippen LogP contribution in [0.3, 0.4) is 0 Å². The fourth-order valence-corrected chi connectivity index (χ4v) is 2.88. The summed E-state index contributed by atoms with van der Waals surface area (Å²) in [6.45, 7) is 2.80. The molecule has 0 radical (unpaired) electrons. The van der Waals surface area contributed by atoms with E-state index in [4.69, 9.17) is 5.73 Å². The highest BCUT2D eigenvalue weighted by Gasteiger charge is 2.39. The van der Waals surface area contributed by atoms with Crippen LogP contribution >= 0.6 is 0 Å². The highest BCUT2D eigenvalue weighted by Crippen LogP contribution is 2.41. The molecule has 2 saturated carbocycles. The molecule has 1 atom stereocenters. The van der Waals surface area contributed by atoms with Gasteiger partial charge in [0.25, 0.3) is 0 Å². The smallest absolute Gasteiger partial charge is 0.226 e. The Labute approximate surface area is 98.2 Å². The number of nitrogens with one attached hydrogen (secondary N) is 1. The van der Waals surface area contributed by atoms with E-state index in [-0.39, 0.29) is 17.4 Å². The van der Waals surface area contributed by atoms with Crippen molar-refractivity contribution in [2.24, 2.45) is 17.1 Å². The van der Waals surface area contributed by atoms with Crippen molar-refractivity contribution >= 4 is 5.91 Å². The largest absolute Gasteiger partial charge is 0.354 e. The number of hydrogen-bond donors (Lipinski definition) is 2. The van der Waals surface area contributed by atoms with E-state index in [9.17, 15) is 4.79 Å². The molecule has 0 bridgehead atoms. The molecule has 0 aromatic rings. The predicted molar refractivity (Wildman–Crippen MR) is 64.9 cm³/mol. The standard InChI is InChI=1S/C13H24N2O/c1-2-13(7-3-4-8-13)12(16)15-9-11(14)10-5-6-10/h10-11H,2-9,14H2,1H3,(H,15,16). The van der Waals surface area contributed by atoms with E-state index >= 15 is 0 Å². The Balaban J connectivity index is 1.81. The first-order valence-corrected chi connectivity index (χ1v) is 6.72. The zero-order chi connectivity index (χ0) is 11.6. The van der Waals surface area contributed by atoms with Crippen LogP contribution in [-0.4, -0.2) is 18.5 Å². The van der Waals surface area contributed by atoms with E-state index in [1.165, 1.54) is 25.7 Å². The minimum atomic E-state index is -0.0662. The predicted octanol–water partition coefficient (Wildman–Crippen LogP) is 1.81. The zero-order valence-corrected chi connectivity index (χ0v) is 10.3. The molecule has 0 aliphatic heterocycles. The first-order chi connectivity index (χ1) is 7.68. The first kappa shape index (κ1) is 11.9. The normalized spacial score (nSPS) is 25.4. The van der Waals surface area contributed by atoms with Crippen molar-refractivity contribution in [2.75, 3.05) is 6.54 Å². The highest BCUT2D eigenvalue weighted by molar-refractivity contribution is 5.82. The van der Waals surface area contributed by atoms with E-state index in [1.807, 2.05) is 0 Å². The van der Waals surface area contributed by atoms with Gasteiger partial charge in [0, 0.05) is 18.0 Å². The third-order valence-electron chi connectivity index (χ3n) is 4.44. The second-order valence-electron chi connectivity index (χ2n) is 5.55. The van der Waals surface area contributed by atoms with Crippen molar-refractivity contribution in [3.8, 4) is 0 Å². The number of amides is 1. The Bertz CT molecular complexity index is 255. The van der Waals surface area contributed by atoms with Crippen LogP contribution in [0.15, 0.2) is 0 Å². The molecule has 0 heterocycles. The maximum absolute atomic E-state index is 12.2. The van der Waals surface area contributed by atoms with Gasteiger partial charge in [-0.15, -0.1) is 0 Å². The van der Waals surface area contributed by atoms with Crippen LogP contribution < -0.4 is 11.1 Å². The molecule has 2 aliphatic carbocycles. The Morgan fingerprint density at radius 1 is 1.44 bits per heavy atom. The van der Waals surface area contributed by atoms with Gasteiger partial charge < -0.3 is 11.1 Å². The summed E-state index contributed by atoms with van der Waals surface area (Å²) in [7, 11) is 0. The van der Waals surface area contributed by atoms with E-state index in [2.05, 4.69) is 12.2 Å². The molecule has 2 fully saturated rings. The van der Waals surface area contributed by atoms with Crippen molar-refractivity contribution in [1.29, 1.82) is 0 Å². The molecule has 3 nitrogen and oxygen atoms in total. The van der Waals surface area contributed by atoms with Crippen molar-refractivity contribution < 1.29 is 4.79 Å². The van der Waals surface area contributed by atoms with E-state index in [1.54, 1.807) is 0 Å². The van der Waals surface area contributed by atoms with Gasteiger partial charge >= 0.3 is 0 Å². The van der Waals surface area contributed by atoms with E-state index in [0.29, 0.717) is 12.5 Å². The molecule has 0 aromatic heterocycles. The average Bonchev–Trinajstić information content (AvgIpc) is 3.04. The van der Waals surface area contributed by atoms with Crippen LogP contribution in [0.4, 0.5) is 0 Å². The van der Waals surface area contributed by atoms with Gasteiger partial charge in [0.15, 0.2) is 0 Å². The van der Waals surface area contributed by atoms with Gasteiger partial charge in [0.1, 0.15) is 0 Å². The average molecular weight is 224 g/mol. The fourth-order valence-electron chi connectivity index (χ4n) is 2.88. The van der Waals surface area contributed by atoms with Gasteiger partial charge in [0.2, 0.25) is 5.91 Å². The minimum Gasteiger partial charge on any atom is -0.354 e. The topological polar surface area (TPSA) is 55.1 Å². The summed E-state index contributed by atoms with van der Waals surface area (Å²) in [5.41, 5.74) is 5.93. The monoisotopic (exact) mass is 224 g/mol. The number of carbonyl (C=O) groups is 1. The van der Waals surface area contributed by atoms with Gasteiger partial charge in [0.05, 0.1) is 0 Å². The Morgan fingerprint density at radius 3 is 2.56 bits per heavy atom. The molecule has 3 N–H and O–H groups in total. The molecule has 3 heteroatoms. The molecule has 1 unspecified atom stereocenters. The van der Waals surface area contributed by atoms with Crippen molar-refractivity contribution in [3.05, 3.63) is 0 Å². The molecule has 0 saturated heterocycles. The summed E-state index contributed by atoms with van der Waals surface area (Å²) in [5, 5.41) is 3.07.